The van der Waals surface area contributed by atoms with Gasteiger partial charge in [0, 0.05) is 12.2 Å². The normalized spacial score (nSPS) is 18.2. The molecule has 3 aromatic carbocycles. The number of rotatable bonds is 7. The van der Waals surface area contributed by atoms with Crippen LogP contribution >= 0.6 is 0 Å². The summed E-state index contributed by atoms with van der Waals surface area (Å²) in [4.78, 5) is 40.9. The number of methoxy groups -OCH3 is 1. The molecule has 2 atom stereocenters. The number of hydrogen-bond donors (Lipinski definition) is 2. The number of carbonyl (C=O) groups excluding carboxylic acids is 3. The Kier molecular flexibility index (Phi) is 9.37. The highest BCUT2D eigenvalue weighted by atomic mass is 16.6. The molecule has 0 radical (unpaired) electrons. The number of para-hydroxylation sites is 2. The van der Waals surface area contributed by atoms with Crippen LogP contribution in [0.1, 0.15) is 45.2 Å². The maximum atomic E-state index is 13.6. The van der Waals surface area contributed by atoms with E-state index in [-0.39, 0.29) is 6.61 Å². The summed E-state index contributed by atoms with van der Waals surface area (Å²) in [5.41, 5.74) is 4.14. The summed E-state index contributed by atoms with van der Waals surface area (Å²) in [7, 11) is 1.33. The van der Waals surface area contributed by atoms with Crippen LogP contribution in [0, 0.1) is 0 Å². The number of hydrazine groups is 1. The van der Waals surface area contributed by atoms with Crippen LogP contribution in [-0.4, -0.2) is 48.5 Å². The number of benzene rings is 3. The third kappa shape index (κ3) is 7.01. The molecule has 1 aliphatic rings. The van der Waals surface area contributed by atoms with Gasteiger partial charge in [-0.2, -0.15) is 0 Å². The van der Waals surface area contributed by atoms with Crippen LogP contribution in [0.3, 0.4) is 0 Å². The summed E-state index contributed by atoms with van der Waals surface area (Å²) < 4.78 is 16.3. The molecule has 1 saturated heterocycles. The van der Waals surface area contributed by atoms with Crippen LogP contribution in [0.2, 0.25) is 0 Å². The number of amides is 3. The maximum absolute atomic E-state index is 13.6. The van der Waals surface area contributed by atoms with Crippen LogP contribution in [0.15, 0.2) is 84.9 Å². The Labute approximate surface area is 246 Å². The number of hydrogen-bond acceptors (Lipinski definition) is 7. The first kappa shape index (κ1) is 30.4. The van der Waals surface area contributed by atoms with Gasteiger partial charge in [0.05, 0.1) is 24.4 Å². The van der Waals surface area contributed by atoms with Crippen molar-refractivity contribution in [1.82, 2.24) is 10.3 Å². The Balaban J connectivity index is 1.73. The average Bonchev–Trinajstić information content (AvgIpc) is 3.31. The number of nitrogens with zero attached hydrogens (tertiary/aromatic N) is 2. The Morgan fingerprint density at radius 1 is 0.952 bits per heavy atom. The molecular formula is C32H38N4O6. The standard InChI is InChI=1S/C32H38N4O6/c1-23-32(20-21-35(23)29(38)40-5,34-36(25-16-10-7-11-17-25)30(39)42-31(2,3)4)26-18-12-13-19-27(26)33-28(37)41-22-24-14-8-6-9-15-24/h6-19,23,34H,20-22H2,1-5H3,(H,33,37)/t23?,32-/m1/s1. The van der Waals surface area contributed by atoms with Crippen molar-refractivity contribution in [2.24, 2.45) is 0 Å². The van der Waals surface area contributed by atoms with Gasteiger partial charge in [0.25, 0.3) is 0 Å². The van der Waals surface area contributed by atoms with Crippen LogP contribution in [0.4, 0.5) is 25.8 Å². The zero-order valence-electron chi connectivity index (χ0n) is 24.6. The van der Waals surface area contributed by atoms with Gasteiger partial charge >= 0.3 is 18.3 Å². The molecule has 2 N–H and O–H groups in total. The van der Waals surface area contributed by atoms with E-state index in [0.717, 1.165) is 5.56 Å². The fourth-order valence-corrected chi connectivity index (χ4v) is 5.05. The number of nitrogens with one attached hydrogen (secondary N) is 2. The second-order valence-corrected chi connectivity index (χ2v) is 11.1. The highest BCUT2D eigenvalue weighted by Gasteiger charge is 2.51. The molecule has 3 aromatic rings. The lowest BCUT2D eigenvalue weighted by Gasteiger charge is -2.42. The monoisotopic (exact) mass is 574 g/mol. The van der Waals surface area contributed by atoms with Gasteiger partial charge in [-0.25, -0.2) is 24.8 Å². The van der Waals surface area contributed by atoms with Gasteiger partial charge in [0.15, 0.2) is 0 Å². The predicted molar refractivity (Wildman–Crippen MR) is 160 cm³/mol. The minimum atomic E-state index is -1.05. The van der Waals surface area contributed by atoms with E-state index >= 15 is 0 Å². The largest absolute Gasteiger partial charge is 0.453 e. The number of likely N-dealkylation sites (tertiary alicyclic amines) is 1. The molecule has 10 heteroatoms. The van der Waals surface area contributed by atoms with E-state index in [1.165, 1.54) is 12.1 Å². The van der Waals surface area contributed by atoms with Crippen LogP contribution in [0.25, 0.3) is 0 Å². The van der Waals surface area contributed by atoms with Crippen LogP contribution in [-0.2, 0) is 26.4 Å². The molecule has 1 fully saturated rings. The molecule has 4 rings (SSSR count). The summed E-state index contributed by atoms with van der Waals surface area (Å²) >= 11 is 0. The van der Waals surface area contributed by atoms with Gasteiger partial charge < -0.3 is 19.1 Å². The Hall–Kier alpha value is -4.57. The summed E-state index contributed by atoms with van der Waals surface area (Å²) in [6.45, 7) is 7.69. The average molecular weight is 575 g/mol. The number of carbonyl (C=O) groups is 3. The second-order valence-electron chi connectivity index (χ2n) is 11.1. The predicted octanol–water partition coefficient (Wildman–Crippen LogP) is 6.44. The van der Waals surface area contributed by atoms with Crippen molar-refractivity contribution < 1.29 is 28.6 Å². The summed E-state index contributed by atoms with van der Waals surface area (Å²) in [5, 5.41) is 4.23. The molecule has 0 aliphatic carbocycles. The zero-order valence-corrected chi connectivity index (χ0v) is 24.6. The van der Waals surface area contributed by atoms with Gasteiger partial charge in [0.1, 0.15) is 12.2 Å². The van der Waals surface area contributed by atoms with E-state index in [4.69, 9.17) is 14.2 Å². The highest BCUT2D eigenvalue weighted by Crippen LogP contribution is 2.42. The van der Waals surface area contributed by atoms with E-state index in [1.54, 1.807) is 49.9 Å². The van der Waals surface area contributed by atoms with E-state index in [2.05, 4.69) is 10.7 Å². The molecule has 0 aromatic heterocycles. The molecule has 1 aliphatic heterocycles. The Morgan fingerprint density at radius 3 is 2.21 bits per heavy atom. The first-order chi connectivity index (χ1) is 20.0. The van der Waals surface area contributed by atoms with Crippen molar-refractivity contribution in [3.8, 4) is 0 Å². The number of ether oxygens (including phenoxy) is 3. The minimum Gasteiger partial charge on any atom is -0.453 e. The van der Waals surface area contributed by atoms with Crippen molar-refractivity contribution in [1.29, 1.82) is 0 Å². The van der Waals surface area contributed by atoms with Crippen LogP contribution < -0.4 is 15.8 Å². The van der Waals surface area contributed by atoms with E-state index in [1.807, 2.05) is 67.6 Å². The fourth-order valence-electron chi connectivity index (χ4n) is 5.05. The van der Waals surface area contributed by atoms with E-state index in [0.29, 0.717) is 29.9 Å². The number of anilines is 2. The Bertz CT molecular complexity index is 1380. The Morgan fingerprint density at radius 2 is 1.57 bits per heavy atom. The second kappa shape index (κ2) is 12.9. The van der Waals surface area contributed by atoms with Crippen molar-refractivity contribution in [2.75, 3.05) is 24.0 Å². The van der Waals surface area contributed by atoms with Gasteiger partial charge in [-0.15, -0.1) is 0 Å². The highest BCUT2D eigenvalue weighted by molar-refractivity contribution is 5.88. The maximum Gasteiger partial charge on any atom is 0.429 e. The molecule has 1 heterocycles. The zero-order chi connectivity index (χ0) is 30.3. The summed E-state index contributed by atoms with van der Waals surface area (Å²) in [6, 6.07) is 25.2. The molecule has 10 nitrogen and oxygen atoms in total. The SMILES string of the molecule is COC(=O)N1CC[C@](NN(C(=O)OC(C)(C)C)c2ccccc2)(c2ccccc2NC(=O)OCc2ccccc2)C1C. The first-order valence-corrected chi connectivity index (χ1v) is 13.8. The summed E-state index contributed by atoms with van der Waals surface area (Å²) in [5.74, 6) is 0. The lowest BCUT2D eigenvalue weighted by atomic mass is 9.82. The quantitative estimate of drug-likeness (QED) is 0.247. The molecule has 222 valence electrons. The van der Waals surface area contributed by atoms with Gasteiger partial charge in [-0.05, 0) is 63.4 Å². The van der Waals surface area contributed by atoms with Crippen LogP contribution in [0.5, 0.6) is 0 Å². The van der Waals surface area contributed by atoms with Gasteiger partial charge in [-0.3, -0.25) is 5.32 Å². The lowest BCUT2D eigenvalue weighted by molar-refractivity contribution is 0.0527. The molecule has 42 heavy (non-hydrogen) atoms. The third-order valence-electron chi connectivity index (χ3n) is 7.10. The molecule has 1 unspecified atom stereocenters. The van der Waals surface area contributed by atoms with Crippen molar-refractivity contribution in [3.05, 3.63) is 96.1 Å². The van der Waals surface area contributed by atoms with E-state index < -0.39 is 35.5 Å². The molecule has 0 saturated carbocycles. The van der Waals surface area contributed by atoms with Gasteiger partial charge in [-0.1, -0.05) is 66.7 Å². The van der Waals surface area contributed by atoms with Crippen molar-refractivity contribution >= 4 is 29.7 Å². The van der Waals surface area contributed by atoms with Gasteiger partial charge in [0.2, 0.25) is 0 Å². The van der Waals surface area contributed by atoms with Crippen molar-refractivity contribution in [2.45, 2.75) is 57.9 Å². The molecule has 3 amide bonds. The molecule has 0 bridgehead atoms. The minimum absolute atomic E-state index is 0.102. The van der Waals surface area contributed by atoms with Crippen molar-refractivity contribution in [3.63, 3.8) is 0 Å². The van der Waals surface area contributed by atoms with E-state index in [9.17, 15) is 14.4 Å². The third-order valence-corrected chi connectivity index (χ3v) is 7.10. The fraction of sp³-hybridized carbons (Fsp3) is 0.344. The topological polar surface area (TPSA) is 109 Å². The first-order valence-electron chi connectivity index (χ1n) is 13.8. The lowest BCUT2D eigenvalue weighted by Crippen LogP contribution is -2.60. The molecule has 0 spiro atoms. The summed E-state index contributed by atoms with van der Waals surface area (Å²) in [6.07, 6.45) is -1.36. The smallest absolute Gasteiger partial charge is 0.429 e. The molecular weight excluding hydrogens is 536 g/mol.